The van der Waals surface area contributed by atoms with Crippen LogP contribution in [0.4, 0.5) is 0 Å². The molecule has 0 bridgehead atoms. The third-order valence-corrected chi connectivity index (χ3v) is 1.74. The van der Waals surface area contributed by atoms with Gasteiger partial charge in [0.1, 0.15) is 5.76 Å². The number of rotatable bonds is 7. The van der Waals surface area contributed by atoms with Gasteiger partial charge in [-0.05, 0) is 25.1 Å². The number of para-hydroxylation sites is 1. The molecule has 0 N–H and O–H groups in total. The fourth-order valence-electron chi connectivity index (χ4n) is 0.909. The lowest BCUT2D eigenvalue weighted by atomic mass is 10.3. The van der Waals surface area contributed by atoms with Crippen LogP contribution in [0.5, 0.6) is 5.75 Å². The van der Waals surface area contributed by atoms with Crippen LogP contribution in [0, 0.1) is 0 Å². The van der Waals surface area contributed by atoms with Gasteiger partial charge < -0.3 is 9.78 Å². The first-order valence-electron chi connectivity index (χ1n) is 4.91. The number of benzene rings is 1. The van der Waals surface area contributed by atoms with Crippen LogP contribution in [0.1, 0.15) is 20.3 Å². The van der Waals surface area contributed by atoms with E-state index >= 15 is 0 Å². The molecule has 0 aliphatic heterocycles. The van der Waals surface area contributed by atoms with Gasteiger partial charge in [-0.2, -0.15) is 0 Å². The van der Waals surface area contributed by atoms with Crippen molar-refractivity contribution in [3.8, 4) is 5.75 Å². The first-order valence-corrected chi connectivity index (χ1v) is 4.91. The van der Waals surface area contributed by atoms with Gasteiger partial charge >= 0.3 is 0 Å². The second-order valence-corrected chi connectivity index (χ2v) is 2.79. The van der Waals surface area contributed by atoms with Crippen molar-refractivity contribution in [1.82, 2.24) is 0 Å². The maximum absolute atomic E-state index is 4.71. The van der Waals surface area contributed by atoms with E-state index in [1.165, 1.54) is 0 Å². The fraction of sp³-hybridized carbons (Fsp3) is 0.273. The molecule has 1 aromatic carbocycles. The normalized spacial score (nSPS) is 11.2. The van der Waals surface area contributed by atoms with Crippen molar-refractivity contribution in [3.63, 3.8) is 0 Å². The highest BCUT2D eigenvalue weighted by Crippen LogP contribution is 2.09. The Bertz CT molecular complexity index is 309. The second-order valence-electron chi connectivity index (χ2n) is 2.79. The molecule has 88 valence electrons. The smallest absolute Gasteiger partial charge is 0.168 e. The second kappa shape index (κ2) is 7.70. The summed E-state index contributed by atoms with van der Waals surface area (Å²) in [6, 6.07) is 8.85. The molecule has 1 aromatic rings. The van der Waals surface area contributed by atoms with Crippen LogP contribution in [0.3, 0.4) is 0 Å². The summed E-state index contributed by atoms with van der Waals surface area (Å²) < 4.78 is 0. The highest BCUT2D eigenvalue weighted by molar-refractivity contribution is 5.19. The molecule has 5 nitrogen and oxygen atoms in total. The molecule has 5 heteroatoms. The van der Waals surface area contributed by atoms with Crippen LogP contribution < -0.4 is 4.89 Å². The van der Waals surface area contributed by atoms with E-state index in [2.05, 4.69) is 15.1 Å². The lowest BCUT2D eigenvalue weighted by molar-refractivity contribution is -0.684. The highest BCUT2D eigenvalue weighted by atomic mass is 17.8. The largest absolute Gasteiger partial charge is 0.311 e. The summed E-state index contributed by atoms with van der Waals surface area (Å²) in [6.07, 6.45) is 2.45. The van der Waals surface area contributed by atoms with Gasteiger partial charge in [-0.1, -0.05) is 25.1 Å². The first-order chi connectivity index (χ1) is 7.86. The summed E-state index contributed by atoms with van der Waals surface area (Å²) in [7, 11) is 0. The van der Waals surface area contributed by atoms with Gasteiger partial charge in [0.2, 0.25) is 0 Å². The van der Waals surface area contributed by atoms with Gasteiger partial charge in [0.05, 0.1) is 0 Å². The SMILES string of the molecule is CC=C(CC)OOOOOc1ccccc1. The summed E-state index contributed by atoms with van der Waals surface area (Å²) in [4.78, 5) is 9.42. The van der Waals surface area contributed by atoms with Crippen LogP contribution >= 0.6 is 0 Å². The number of hydrogen-bond acceptors (Lipinski definition) is 5. The minimum atomic E-state index is 0.493. The Kier molecular flexibility index (Phi) is 6.02. The van der Waals surface area contributed by atoms with Crippen molar-refractivity contribution in [2.75, 3.05) is 0 Å². The van der Waals surface area contributed by atoms with Crippen molar-refractivity contribution in [3.05, 3.63) is 42.2 Å². The lowest BCUT2D eigenvalue weighted by Crippen LogP contribution is -2.01. The molecule has 0 saturated carbocycles. The van der Waals surface area contributed by atoms with Crippen LogP contribution in [-0.2, 0) is 20.0 Å². The topological polar surface area (TPSA) is 46.2 Å². The average Bonchev–Trinajstić information content (AvgIpc) is 2.35. The monoisotopic (exact) mass is 226 g/mol. The third kappa shape index (κ3) is 4.79. The van der Waals surface area contributed by atoms with E-state index in [4.69, 9.17) is 9.78 Å². The van der Waals surface area contributed by atoms with E-state index in [0.29, 0.717) is 17.9 Å². The maximum atomic E-state index is 4.71. The summed E-state index contributed by atoms with van der Waals surface area (Å²) >= 11 is 0. The molecule has 1 rings (SSSR count). The predicted molar refractivity (Wildman–Crippen MR) is 55.5 cm³/mol. The lowest BCUT2D eigenvalue weighted by Gasteiger charge is -2.04. The third-order valence-electron chi connectivity index (χ3n) is 1.74. The van der Waals surface area contributed by atoms with Gasteiger partial charge in [-0.15, -0.1) is 0 Å². The zero-order chi connectivity index (χ0) is 11.6. The molecule has 0 aromatic heterocycles. The molecule has 0 fully saturated rings. The molecule has 0 aliphatic carbocycles. The molecule has 0 radical (unpaired) electrons. The van der Waals surface area contributed by atoms with Gasteiger partial charge in [0.15, 0.2) is 5.75 Å². The molecule has 0 heterocycles. The zero-order valence-electron chi connectivity index (χ0n) is 9.21. The highest BCUT2D eigenvalue weighted by Gasteiger charge is 1.97. The first kappa shape index (κ1) is 12.5. The predicted octanol–water partition coefficient (Wildman–Crippen LogP) is 3.11. The summed E-state index contributed by atoms with van der Waals surface area (Å²) in [5.74, 6) is 1.12. The molecule has 0 spiro atoms. The molecular weight excluding hydrogens is 212 g/mol. The van der Waals surface area contributed by atoms with Crippen molar-refractivity contribution in [2.24, 2.45) is 0 Å². The molecular formula is C11H14O5. The summed E-state index contributed by atoms with van der Waals surface area (Å²) in [5, 5.41) is 12.8. The minimum Gasteiger partial charge on any atom is -0.311 e. The van der Waals surface area contributed by atoms with Crippen molar-refractivity contribution in [1.29, 1.82) is 0 Å². The molecule has 16 heavy (non-hydrogen) atoms. The Morgan fingerprint density at radius 2 is 1.88 bits per heavy atom. The summed E-state index contributed by atoms with van der Waals surface area (Å²) in [5.41, 5.74) is 0. The fourth-order valence-corrected chi connectivity index (χ4v) is 0.909. The van der Waals surface area contributed by atoms with E-state index in [1.54, 1.807) is 30.3 Å². The molecule has 0 amide bonds. The molecule has 0 unspecified atom stereocenters. The maximum Gasteiger partial charge on any atom is 0.168 e. The quantitative estimate of drug-likeness (QED) is 0.309. The summed E-state index contributed by atoms with van der Waals surface area (Å²) in [6.45, 7) is 3.74. The Morgan fingerprint density at radius 1 is 1.12 bits per heavy atom. The molecule has 0 saturated heterocycles. The average molecular weight is 226 g/mol. The van der Waals surface area contributed by atoms with E-state index in [1.807, 2.05) is 19.9 Å². The van der Waals surface area contributed by atoms with Crippen LogP contribution in [0.15, 0.2) is 42.2 Å². The Morgan fingerprint density at radius 3 is 2.50 bits per heavy atom. The van der Waals surface area contributed by atoms with Crippen molar-refractivity contribution in [2.45, 2.75) is 20.3 Å². The molecule has 0 atom stereocenters. The van der Waals surface area contributed by atoms with Crippen molar-refractivity contribution >= 4 is 0 Å². The van der Waals surface area contributed by atoms with Crippen LogP contribution in [-0.4, -0.2) is 0 Å². The Balaban J connectivity index is 2.09. The van der Waals surface area contributed by atoms with Crippen LogP contribution in [0.2, 0.25) is 0 Å². The van der Waals surface area contributed by atoms with E-state index < -0.39 is 0 Å². The standard InChI is InChI=1S/C11H14O5/c1-3-10(4-2)12-14-16-15-13-11-8-6-5-7-9-11/h3,5-9H,4H2,1-2H3. The molecule has 0 aliphatic rings. The number of hydrogen-bond donors (Lipinski definition) is 0. The Labute approximate surface area is 93.9 Å². The van der Waals surface area contributed by atoms with Crippen LogP contribution in [0.25, 0.3) is 0 Å². The van der Waals surface area contributed by atoms with E-state index in [9.17, 15) is 0 Å². The van der Waals surface area contributed by atoms with Gasteiger partial charge in [-0.25, -0.2) is 0 Å². The van der Waals surface area contributed by atoms with E-state index in [-0.39, 0.29) is 0 Å². The Hall–Kier alpha value is -1.56. The van der Waals surface area contributed by atoms with Crippen molar-refractivity contribution < 1.29 is 24.9 Å². The number of allylic oxidation sites excluding steroid dienone is 2. The zero-order valence-corrected chi connectivity index (χ0v) is 9.21. The van der Waals surface area contributed by atoms with E-state index in [0.717, 1.165) is 0 Å². The van der Waals surface area contributed by atoms with Gasteiger partial charge in [0.25, 0.3) is 0 Å². The minimum absolute atomic E-state index is 0.493. The van der Waals surface area contributed by atoms with Gasteiger partial charge in [0, 0.05) is 21.5 Å². The van der Waals surface area contributed by atoms with Gasteiger partial charge in [-0.3, -0.25) is 0 Å².